The van der Waals surface area contributed by atoms with Gasteiger partial charge >= 0.3 is 0 Å². The van der Waals surface area contributed by atoms with Crippen molar-refractivity contribution < 1.29 is 4.79 Å². The van der Waals surface area contributed by atoms with Gasteiger partial charge in [0, 0.05) is 6.42 Å². The Hall–Kier alpha value is -1.82. The summed E-state index contributed by atoms with van der Waals surface area (Å²) >= 11 is 0. The van der Waals surface area contributed by atoms with Crippen molar-refractivity contribution in [2.24, 2.45) is 0 Å². The molecule has 0 atom stereocenters. The van der Waals surface area contributed by atoms with Crippen LogP contribution in [0.5, 0.6) is 0 Å². The molecular formula is C17H20BNO. The van der Waals surface area contributed by atoms with Crippen LogP contribution in [0.2, 0.25) is 5.31 Å². The maximum Gasteiger partial charge on any atom is 0.217 e. The molecule has 0 fully saturated rings. The Bertz CT molecular complexity index is 635. The molecule has 20 heavy (non-hydrogen) atoms. The molecule has 3 heteroatoms. The molecular weight excluding hydrogens is 245 g/mol. The van der Waals surface area contributed by atoms with E-state index in [1.807, 2.05) is 25.1 Å². The van der Waals surface area contributed by atoms with Crippen LogP contribution in [0.25, 0.3) is 0 Å². The number of hydrogen-bond acceptors (Lipinski definition) is 2. The topological polar surface area (TPSA) is 40.9 Å². The van der Waals surface area contributed by atoms with Gasteiger partial charge < -0.3 is 4.79 Å². The third kappa shape index (κ3) is 3.01. The Labute approximate surface area is 121 Å². The first-order valence-corrected chi connectivity index (χ1v) is 7.04. The molecule has 1 aromatic carbocycles. The van der Waals surface area contributed by atoms with E-state index in [1.165, 1.54) is 5.57 Å². The molecule has 2 rings (SSSR count). The van der Waals surface area contributed by atoms with Crippen molar-refractivity contribution in [2.45, 2.75) is 45.9 Å². The molecule has 0 radical (unpaired) electrons. The molecule has 0 spiro atoms. The molecule has 0 unspecified atom stereocenters. The van der Waals surface area contributed by atoms with Crippen LogP contribution in [0.4, 0.5) is 0 Å². The third-order valence-corrected chi connectivity index (χ3v) is 4.07. The van der Waals surface area contributed by atoms with Crippen LogP contribution in [0.15, 0.2) is 29.3 Å². The summed E-state index contributed by atoms with van der Waals surface area (Å²) in [6.45, 7) is 8.38. The maximum atomic E-state index is 12.3. The average molecular weight is 265 g/mol. The molecule has 0 amide bonds. The van der Waals surface area contributed by atoms with E-state index in [1.54, 1.807) is 0 Å². The van der Waals surface area contributed by atoms with Gasteiger partial charge in [-0.2, -0.15) is 5.26 Å². The van der Waals surface area contributed by atoms with E-state index in [0.717, 1.165) is 23.1 Å². The van der Waals surface area contributed by atoms with E-state index in [-0.39, 0.29) is 11.0 Å². The summed E-state index contributed by atoms with van der Waals surface area (Å²) in [6, 6.07) is 7.84. The summed E-state index contributed by atoms with van der Waals surface area (Å²) in [4.78, 5) is 12.3. The highest BCUT2D eigenvalue weighted by Crippen LogP contribution is 2.38. The molecule has 0 saturated carbocycles. The molecule has 102 valence electrons. The second-order valence-corrected chi connectivity index (χ2v) is 6.63. The van der Waals surface area contributed by atoms with Gasteiger partial charge in [0.2, 0.25) is 7.28 Å². The molecule has 0 bridgehead atoms. The molecule has 2 nitrogen and oxygen atoms in total. The van der Waals surface area contributed by atoms with Gasteiger partial charge in [0.05, 0.1) is 11.6 Å². The number of allylic oxidation sites excluding steroid dienone is 2. The van der Waals surface area contributed by atoms with E-state index in [2.05, 4.69) is 26.8 Å². The van der Waals surface area contributed by atoms with Crippen molar-refractivity contribution >= 4 is 13.0 Å². The maximum absolute atomic E-state index is 12.3. The first kappa shape index (κ1) is 14.6. The summed E-state index contributed by atoms with van der Waals surface area (Å²) in [5.41, 5.74) is 5.37. The lowest BCUT2D eigenvalue weighted by molar-refractivity contribution is -0.109. The van der Waals surface area contributed by atoms with Gasteiger partial charge in [-0.15, -0.1) is 0 Å². The van der Waals surface area contributed by atoms with Crippen LogP contribution in [0.1, 0.15) is 43.9 Å². The number of hydrogen-bond donors (Lipinski definition) is 0. The second kappa shape index (κ2) is 5.29. The van der Waals surface area contributed by atoms with Crippen molar-refractivity contribution in [1.82, 2.24) is 0 Å². The number of nitriles is 1. The fraction of sp³-hybridized carbons (Fsp3) is 0.412. The molecule has 1 aromatic rings. The van der Waals surface area contributed by atoms with Crippen LogP contribution in [-0.4, -0.2) is 13.0 Å². The van der Waals surface area contributed by atoms with Crippen LogP contribution < -0.4 is 0 Å². The molecule has 0 N–H and O–H groups in total. The minimum Gasteiger partial charge on any atom is -0.307 e. The standard InChI is InChI=1S/C17H20BNO/c1-11-7-13(10-19)5-6-14(11)8-15-12(2)9-17(3,4)18-16(15)20/h5-7,18H,8-9H2,1-4H3. The van der Waals surface area contributed by atoms with Crippen LogP contribution >= 0.6 is 0 Å². The first-order valence-electron chi connectivity index (χ1n) is 7.04. The zero-order chi connectivity index (χ0) is 14.9. The Kier molecular flexibility index (Phi) is 3.86. The Morgan fingerprint density at radius 2 is 2.05 bits per heavy atom. The number of carbonyl (C=O) groups is 1. The molecule has 0 aromatic heterocycles. The van der Waals surface area contributed by atoms with Crippen molar-refractivity contribution in [3.63, 3.8) is 0 Å². The number of benzene rings is 1. The second-order valence-electron chi connectivity index (χ2n) is 6.63. The van der Waals surface area contributed by atoms with Gasteiger partial charge in [-0.25, -0.2) is 0 Å². The van der Waals surface area contributed by atoms with Gasteiger partial charge in [0.15, 0.2) is 0 Å². The summed E-state index contributed by atoms with van der Waals surface area (Å²) < 4.78 is 0. The van der Waals surface area contributed by atoms with Gasteiger partial charge in [-0.1, -0.05) is 25.5 Å². The predicted molar refractivity (Wildman–Crippen MR) is 83.1 cm³/mol. The molecule has 0 aliphatic carbocycles. The van der Waals surface area contributed by atoms with E-state index in [0.29, 0.717) is 19.3 Å². The minimum absolute atomic E-state index is 0.0877. The lowest BCUT2D eigenvalue weighted by atomic mass is 9.45. The SMILES string of the molecule is CC1=C(Cc2ccc(C#N)cc2C)C(=O)BC(C)(C)C1. The summed E-state index contributed by atoms with van der Waals surface area (Å²) in [5, 5.41) is 8.99. The normalized spacial score (nSPS) is 17.6. The van der Waals surface area contributed by atoms with E-state index in [4.69, 9.17) is 5.26 Å². The monoisotopic (exact) mass is 265 g/mol. The van der Waals surface area contributed by atoms with Gasteiger partial charge in [-0.3, -0.25) is 0 Å². The number of rotatable bonds is 2. The Morgan fingerprint density at radius 1 is 1.35 bits per heavy atom. The molecule has 1 aliphatic heterocycles. The zero-order valence-electron chi connectivity index (χ0n) is 12.7. The smallest absolute Gasteiger partial charge is 0.217 e. The summed E-state index contributed by atoms with van der Waals surface area (Å²) in [5.74, 6) is 0. The fourth-order valence-corrected chi connectivity index (χ4v) is 3.07. The van der Waals surface area contributed by atoms with Crippen molar-refractivity contribution in [1.29, 1.82) is 5.26 Å². The van der Waals surface area contributed by atoms with Crippen molar-refractivity contribution in [2.75, 3.05) is 0 Å². The van der Waals surface area contributed by atoms with E-state index >= 15 is 0 Å². The number of aryl methyl sites for hydroxylation is 1. The average Bonchev–Trinajstić information content (AvgIpc) is 2.34. The highest BCUT2D eigenvalue weighted by Gasteiger charge is 2.32. The number of carbonyl (C=O) groups excluding carboxylic acids is 1. The highest BCUT2D eigenvalue weighted by atomic mass is 16.1. The van der Waals surface area contributed by atoms with Crippen LogP contribution in [0.3, 0.4) is 0 Å². The van der Waals surface area contributed by atoms with Crippen molar-refractivity contribution in [3.05, 3.63) is 46.0 Å². The Balaban J connectivity index is 2.31. The summed E-state index contributed by atoms with van der Waals surface area (Å²) in [7, 11) is 0.634. The van der Waals surface area contributed by atoms with E-state index in [9.17, 15) is 4.79 Å². The largest absolute Gasteiger partial charge is 0.307 e. The lowest BCUT2D eigenvalue weighted by Gasteiger charge is -2.30. The minimum atomic E-state index is 0.0877. The predicted octanol–water partition coefficient (Wildman–Crippen LogP) is 3.29. The quantitative estimate of drug-likeness (QED) is 0.770. The molecule has 1 aliphatic rings. The van der Waals surface area contributed by atoms with E-state index < -0.39 is 0 Å². The fourth-order valence-electron chi connectivity index (χ4n) is 3.07. The van der Waals surface area contributed by atoms with Crippen LogP contribution in [0, 0.1) is 18.3 Å². The lowest BCUT2D eigenvalue weighted by Crippen LogP contribution is -2.30. The Morgan fingerprint density at radius 3 is 2.60 bits per heavy atom. The van der Waals surface area contributed by atoms with Crippen LogP contribution in [-0.2, 0) is 11.2 Å². The summed E-state index contributed by atoms with van der Waals surface area (Å²) in [6.07, 6.45) is 1.68. The third-order valence-electron chi connectivity index (χ3n) is 4.07. The first-order chi connectivity index (χ1) is 9.32. The van der Waals surface area contributed by atoms with Crippen molar-refractivity contribution in [3.8, 4) is 6.07 Å². The molecule has 0 saturated heterocycles. The van der Waals surface area contributed by atoms with Gasteiger partial charge in [0.25, 0.3) is 0 Å². The van der Waals surface area contributed by atoms with Gasteiger partial charge in [-0.05, 0) is 54.4 Å². The zero-order valence-corrected chi connectivity index (χ0v) is 12.7. The number of nitrogens with zero attached hydrogens (tertiary/aromatic N) is 1. The van der Waals surface area contributed by atoms with Gasteiger partial charge in [0.1, 0.15) is 5.68 Å². The molecule has 1 heterocycles. The highest BCUT2D eigenvalue weighted by molar-refractivity contribution is 6.80.